The lowest BCUT2D eigenvalue weighted by atomic mass is 9.73. The van der Waals surface area contributed by atoms with Gasteiger partial charge in [-0.25, -0.2) is 14.0 Å². The maximum Gasteiger partial charge on any atom is 0.414 e. The van der Waals surface area contributed by atoms with E-state index >= 15 is 0 Å². The fraction of sp³-hybridized carbons (Fsp3) is 0.724. The molecular weight excluding hydrogens is 473 g/mol. The van der Waals surface area contributed by atoms with Crippen LogP contribution in [0.2, 0.25) is 0 Å². The van der Waals surface area contributed by atoms with Crippen molar-refractivity contribution in [3.05, 3.63) is 29.6 Å². The summed E-state index contributed by atoms with van der Waals surface area (Å²) in [6.07, 6.45) is 9.42. The lowest BCUT2D eigenvalue weighted by molar-refractivity contribution is 0.0174. The lowest BCUT2D eigenvalue weighted by Crippen LogP contribution is -2.55. The number of benzene rings is 1. The van der Waals surface area contributed by atoms with Crippen molar-refractivity contribution in [2.45, 2.75) is 114 Å². The van der Waals surface area contributed by atoms with Gasteiger partial charge in [-0.15, -0.1) is 0 Å². The molecule has 2 bridgehead atoms. The number of amides is 2. The predicted molar refractivity (Wildman–Crippen MR) is 140 cm³/mol. The number of halogens is 1. The van der Waals surface area contributed by atoms with Crippen LogP contribution in [0.25, 0.3) is 0 Å². The van der Waals surface area contributed by atoms with E-state index in [4.69, 9.17) is 9.47 Å². The first-order valence-corrected chi connectivity index (χ1v) is 14.3. The van der Waals surface area contributed by atoms with Crippen molar-refractivity contribution in [3.63, 3.8) is 0 Å². The number of carbonyl (C=O) groups is 2. The molecule has 4 aliphatic heterocycles. The fourth-order valence-electron chi connectivity index (χ4n) is 7.77. The smallest absolute Gasteiger partial charge is 0.414 e. The minimum atomic E-state index is -0.281. The molecule has 6 rings (SSSR count). The number of ether oxygens (including phenoxy) is 2. The van der Waals surface area contributed by atoms with E-state index in [9.17, 15) is 14.0 Å². The third kappa shape index (κ3) is 4.59. The first-order chi connectivity index (χ1) is 17.8. The van der Waals surface area contributed by atoms with Gasteiger partial charge in [0.15, 0.2) is 0 Å². The zero-order valence-corrected chi connectivity index (χ0v) is 22.2. The van der Waals surface area contributed by atoms with E-state index in [0.717, 1.165) is 88.5 Å². The summed E-state index contributed by atoms with van der Waals surface area (Å²) in [7, 11) is 0. The van der Waals surface area contributed by atoms with Crippen molar-refractivity contribution in [1.29, 1.82) is 0 Å². The Morgan fingerprint density at radius 2 is 1.68 bits per heavy atom. The third-order valence-corrected chi connectivity index (χ3v) is 9.60. The minimum Gasteiger partial charge on any atom is -0.447 e. The Morgan fingerprint density at radius 3 is 2.32 bits per heavy atom. The van der Waals surface area contributed by atoms with E-state index in [2.05, 4.69) is 4.90 Å². The highest BCUT2D eigenvalue weighted by Gasteiger charge is 2.50. The standard InChI is InChI=1S/C29H40FN3O4.H2/c1-19(2)36-28(35)33-21-8-9-22(33)17-23(16-21)31-13-11-29(12-14-31)18-32(26-10-7-20(30)15-25(26)29)27(34)37-24-5-3-4-6-24;/h7,10,15,19,21-24H,3-6,8-9,11-14,16-18H2,1-2H3;1H. The van der Waals surface area contributed by atoms with Crippen LogP contribution in [0, 0.1) is 5.82 Å². The number of piperidine rings is 2. The van der Waals surface area contributed by atoms with Crippen LogP contribution in [0.1, 0.15) is 85.0 Å². The number of fused-ring (bicyclic) bond motifs is 4. The van der Waals surface area contributed by atoms with Gasteiger partial charge in [-0.1, -0.05) is 0 Å². The monoisotopic (exact) mass is 515 g/mol. The second-order valence-electron chi connectivity index (χ2n) is 12.2. The second kappa shape index (κ2) is 9.75. The molecule has 2 amide bonds. The van der Waals surface area contributed by atoms with Crippen molar-refractivity contribution in [1.82, 2.24) is 9.80 Å². The summed E-state index contributed by atoms with van der Waals surface area (Å²) < 4.78 is 25.8. The average molecular weight is 516 g/mol. The molecule has 8 heteroatoms. The SMILES string of the molecule is CC(C)OC(=O)N1C2CCC1CC(N1CCC3(CC1)CN(C(=O)OC1CCCC1)c1ccc(F)cc13)C2.[HH]. The quantitative estimate of drug-likeness (QED) is 0.506. The molecule has 0 N–H and O–H groups in total. The summed E-state index contributed by atoms with van der Waals surface area (Å²) in [5.74, 6) is -0.246. The molecule has 1 saturated carbocycles. The number of anilines is 1. The van der Waals surface area contributed by atoms with Crippen molar-refractivity contribution < 1.29 is 24.9 Å². The Balaban J connectivity index is 0.00000294. The molecule has 4 fully saturated rings. The molecule has 1 spiro atoms. The van der Waals surface area contributed by atoms with Gasteiger partial charge in [0.1, 0.15) is 11.9 Å². The fourth-order valence-corrected chi connectivity index (χ4v) is 7.77. The Kier molecular flexibility index (Phi) is 6.58. The predicted octanol–water partition coefficient (Wildman–Crippen LogP) is 5.84. The number of carbonyl (C=O) groups excluding carboxylic acids is 2. The average Bonchev–Trinajstić information content (AvgIpc) is 3.55. The van der Waals surface area contributed by atoms with Crippen molar-refractivity contribution in [3.8, 4) is 0 Å². The highest BCUT2D eigenvalue weighted by atomic mass is 19.1. The van der Waals surface area contributed by atoms with Gasteiger partial charge in [-0.05, 0) is 115 Å². The van der Waals surface area contributed by atoms with Gasteiger partial charge < -0.3 is 19.3 Å². The largest absolute Gasteiger partial charge is 0.447 e. The molecule has 7 nitrogen and oxygen atoms in total. The van der Waals surface area contributed by atoms with E-state index in [0.29, 0.717) is 12.6 Å². The topological polar surface area (TPSA) is 62.3 Å². The van der Waals surface area contributed by atoms with Crippen molar-refractivity contribution in [2.75, 3.05) is 24.5 Å². The summed E-state index contributed by atoms with van der Waals surface area (Å²) in [5.41, 5.74) is 1.54. The van der Waals surface area contributed by atoms with Gasteiger partial charge in [0.25, 0.3) is 0 Å². The lowest BCUT2D eigenvalue weighted by Gasteiger charge is -2.47. The normalized spacial score (nSPS) is 29.2. The molecule has 2 unspecified atom stereocenters. The summed E-state index contributed by atoms with van der Waals surface area (Å²) in [4.78, 5) is 32.2. The number of hydrogen-bond acceptors (Lipinski definition) is 5. The zero-order chi connectivity index (χ0) is 25.7. The Hall–Kier alpha value is -2.35. The number of nitrogens with zero attached hydrogens (tertiary/aromatic N) is 3. The number of rotatable bonds is 3. The van der Waals surface area contributed by atoms with Crippen LogP contribution in [0.15, 0.2) is 18.2 Å². The van der Waals surface area contributed by atoms with Crippen LogP contribution >= 0.6 is 0 Å². The highest BCUT2D eigenvalue weighted by Crippen LogP contribution is 2.49. The van der Waals surface area contributed by atoms with Crippen LogP contribution in [0.4, 0.5) is 19.7 Å². The van der Waals surface area contributed by atoms with Gasteiger partial charge in [0, 0.05) is 31.5 Å². The summed E-state index contributed by atoms with van der Waals surface area (Å²) in [5, 5.41) is 0. The first-order valence-electron chi connectivity index (χ1n) is 14.3. The second-order valence-corrected chi connectivity index (χ2v) is 12.2. The molecule has 4 heterocycles. The van der Waals surface area contributed by atoms with Crippen LogP contribution in [0.3, 0.4) is 0 Å². The molecule has 5 aliphatic rings. The van der Waals surface area contributed by atoms with Crippen LogP contribution in [0.5, 0.6) is 0 Å². The van der Waals surface area contributed by atoms with E-state index in [1.807, 2.05) is 18.7 Å². The third-order valence-electron chi connectivity index (χ3n) is 9.60. The Bertz CT molecular complexity index is 1030. The van der Waals surface area contributed by atoms with Crippen molar-refractivity contribution in [2.24, 2.45) is 0 Å². The Labute approximate surface area is 220 Å². The summed E-state index contributed by atoms with van der Waals surface area (Å²) in [6.45, 7) is 6.21. The number of likely N-dealkylation sites (tertiary alicyclic amines) is 1. The molecule has 3 saturated heterocycles. The van der Waals surface area contributed by atoms with Gasteiger partial charge in [-0.2, -0.15) is 0 Å². The van der Waals surface area contributed by atoms with E-state index in [-0.39, 0.29) is 49.1 Å². The van der Waals surface area contributed by atoms with E-state index < -0.39 is 0 Å². The molecule has 2 atom stereocenters. The van der Waals surface area contributed by atoms with Crippen LogP contribution < -0.4 is 4.90 Å². The van der Waals surface area contributed by atoms with Crippen molar-refractivity contribution >= 4 is 17.9 Å². The molecular formula is C29H42FN3O4. The van der Waals surface area contributed by atoms with Gasteiger partial charge in [0.2, 0.25) is 0 Å². The summed E-state index contributed by atoms with van der Waals surface area (Å²) in [6, 6.07) is 5.82. The zero-order valence-electron chi connectivity index (χ0n) is 22.2. The number of hydrogen-bond donors (Lipinski definition) is 0. The minimum absolute atomic E-state index is 0. The molecule has 1 aliphatic carbocycles. The highest BCUT2D eigenvalue weighted by molar-refractivity contribution is 5.91. The maximum absolute atomic E-state index is 14.4. The van der Waals surface area contributed by atoms with Gasteiger partial charge >= 0.3 is 12.2 Å². The first kappa shape index (κ1) is 25.0. The van der Waals surface area contributed by atoms with E-state index in [1.165, 1.54) is 6.07 Å². The maximum atomic E-state index is 14.4. The summed E-state index contributed by atoms with van der Waals surface area (Å²) >= 11 is 0. The molecule has 0 radical (unpaired) electrons. The van der Waals surface area contributed by atoms with E-state index in [1.54, 1.807) is 17.0 Å². The van der Waals surface area contributed by atoms with Crippen LogP contribution in [-0.2, 0) is 14.9 Å². The van der Waals surface area contributed by atoms with Gasteiger partial charge in [-0.3, -0.25) is 4.90 Å². The molecule has 1 aromatic rings. The van der Waals surface area contributed by atoms with Crippen LogP contribution in [-0.4, -0.2) is 72.0 Å². The molecule has 0 aromatic heterocycles. The van der Waals surface area contributed by atoms with Gasteiger partial charge in [0.05, 0.1) is 11.8 Å². The molecule has 204 valence electrons. The molecule has 37 heavy (non-hydrogen) atoms. The Morgan fingerprint density at radius 1 is 1.00 bits per heavy atom. The molecule has 1 aromatic carbocycles.